The van der Waals surface area contributed by atoms with E-state index >= 15 is 0 Å². The van der Waals surface area contributed by atoms with Crippen molar-refractivity contribution >= 4 is 17.7 Å². The molecule has 0 aromatic rings. The molecule has 2 heterocycles. The molecular formula is C12H22N2OS. The Kier molecular flexibility index (Phi) is 4.53. The van der Waals surface area contributed by atoms with Crippen LogP contribution in [0.1, 0.15) is 26.2 Å². The van der Waals surface area contributed by atoms with Crippen LogP contribution < -0.4 is 5.32 Å². The average molecular weight is 242 g/mol. The molecule has 2 fully saturated rings. The quantitative estimate of drug-likeness (QED) is 0.810. The van der Waals surface area contributed by atoms with Gasteiger partial charge in [-0.15, -0.1) is 0 Å². The molecule has 2 rings (SSSR count). The van der Waals surface area contributed by atoms with Crippen molar-refractivity contribution in [2.75, 3.05) is 31.9 Å². The predicted molar refractivity (Wildman–Crippen MR) is 68.7 cm³/mol. The summed E-state index contributed by atoms with van der Waals surface area (Å²) in [5.74, 6) is 1.82. The molecule has 1 amide bonds. The van der Waals surface area contributed by atoms with Crippen LogP contribution in [0.4, 0.5) is 0 Å². The molecule has 0 bridgehead atoms. The van der Waals surface area contributed by atoms with Crippen LogP contribution in [0.5, 0.6) is 0 Å². The highest BCUT2D eigenvalue weighted by Gasteiger charge is 2.31. The maximum absolute atomic E-state index is 12.2. The van der Waals surface area contributed by atoms with Crippen LogP contribution in [0.2, 0.25) is 0 Å². The maximum atomic E-state index is 12.2. The molecule has 1 atom stereocenters. The summed E-state index contributed by atoms with van der Waals surface area (Å²) in [6.45, 7) is 5.95. The van der Waals surface area contributed by atoms with E-state index in [1.54, 1.807) is 0 Å². The normalized spacial score (nSPS) is 27.3. The number of carbonyl (C=O) groups excluding carboxylic acids is 1. The standard InChI is InChI=1S/C12H22N2OS/c1-2-16-11-5-3-4-6-14(9-11)12(15)10-7-13-8-10/h10-11,13H,2-9H2,1H3. The second-order valence-electron chi connectivity index (χ2n) is 4.71. The molecule has 0 aliphatic carbocycles. The highest BCUT2D eigenvalue weighted by molar-refractivity contribution is 7.99. The first-order chi connectivity index (χ1) is 7.81. The zero-order valence-electron chi connectivity index (χ0n) is 10.1. The Balaban J connectivity index is 1.88. The van der Waals surface area contributed by atoms with Crippen LogP contribution in [-0.2, 0) is 4.79 Å². The lowest BCUT2D eigenvalue weighted by molar-refractivity contribution is -0.136. The van der Waals surface area contributed by atoms with Crippen molar-refractivity contribution in [1.82, 2.24) is 10.2 Å². The summed E-state index contributed by atoms with van der Waals surface area (Å²) in [6, 6.07) is 0. The fourth-order valence-corrected chi connectivity index (χ4v) is 3.49. The van der Waals surface area contributed by atoms with Crippen LogP contribution in [0.15, 0.2) is 0 Å². The van der Waals surface area contributed by atoms with E-state index in [9.17, 15) is 4.79 Å². The number of hydrogen-bond donors (Lipinski definition) is 1. The lowest BCUT2D eigenvalue weighted by Gasteiger charge is -2.33. The van der Waals surface area contributed by atoms with Gasteiger partial charge in [0.05, 0.1) is 5.92 Å². The number of thioether (sulfide) groups is 1. The molecule has 1 unspecified atom stereocenters. The number of nitrogens with zero attached hydrogens (tertiary/aromatic N) is 1. The predicted octanol–water partition coefficient (Wildman–Crippen LogP) is 1.34. The average Bonchev–Trinajstić information content (AvgIpc) is 2.41. The van der Waals surface area contributed by atoms with Crippen LogP contribution >= 0.6 is 11.8 Å². The van der Waals surface area contributed by atoms with Gasteiger partial charge in [0.2, 0.25) is 5.91 Å². The lowest BCUT2D eigenvalue weighted by Crippen LogP contribution is -2.52. The fraction of sp³-hybridized carbons (Fsp3) is 0.917. The molecule has 0 aromatic heterocycles. The van der Waals surface area contributed by atoms with Gasteiger partial charge in [-0.3, -0.25) is 4.79 Å². The van der Waals surface area contributed by atoms with Crippen molar-refractivity contribution in [3.63, 3.8) is 0 Å². The molecule has 0 radical (unpaired) electrons. The first-order valence-corrected chi connectivity index (χ1v) is 7.47. The summed E-state index contributed by atoms with van der Waals surface area (Å²) in [5.41, 5.74) is 0. The number of nitrogens with one attached hydrogen (secondary N) is 1. The largest absolute Gasteiger partial charge is 0.341 e. The number of rotatable bonds is 3. The van der Waals surface area contributed by atoms with Crippen molar-refractivity contribution in [3.05, 3.63) is 0 Å². The van der Waals surface area contributed by atoms with Crippen LogP contribution in [-0.4, -0.2) is 48.0 Å². The zero-order valence-corrected chi connectivity index (χ0v) is 10.9. The Bertz CT molecular complexity index is 243. The Morgan fingerprint density at radius 3 is 2.88 bits per heavy atom. The summed E-state index contributed by atoms with van der Waals surface area (Å²) < 4.78 is 0. The summed E-state index contributed by atoms with van der Waals surface area (Å²) in [5, 5.41) is 3.85. The van der Waals surface area contributed by atoms with Gasteiger partial charge in [-0.2, -0.15) is 11.8 Å². The molecular weight excluding hydrogens is 220 g/mol. The Hall–Kier alpha value is -0.220. The van der Waals surface area contributed by atoms with E-state index in [4.69, 9.17) is 0 Å². The molecule has 16 heavy (non-hydrogen) atoms. The van der Waals surface area contributed by atoms with Gasteiger partial charge in [0.25, 0.3) is 0 Å². The third-order valence-electron chi connectivity index (χ3n) is 3.47. The summed E-state index contributed by atoms with van der Waals surface area (Å²) in [6.07, 6.45) is 3.75. The summed E-state index contributed by atoms with van der Waals surface area (Å²) >= 11 is 2.01. The lowest BCUT2D eigenvalue weighted by atomic mass is 10.0. The van der Waals surface area contributed by atoms with Crippen molar-refractivity contribution in [2.24, 2.45) is 5.92 Å². The van der Waals surface area contributed by atoms with Crippen molar-refractivity contribution in [2.45, 2.75) is 31.4 Å². The van der Waals surface area contributed by atoms with Crippen molar-refractivity contribution in [3.8, 4) is 0 Å². The Morgan fingerprint density at radius 2 is 2.25 bits per heavy atom. The van der Waals surface area contributed by atoms with E-state index in [1.807, 2.05) is 11.8 Å². The van der Waals surface area contributed by atoms with Crippen LogP contribution in [0.25, 0.3) is 0 Å². The third-order valence-corrected chi connectivity index (χ3v) is 4.66. The van der Waals surface area contributed by atoms with Crippen molar-refractivity contribution < 1.29 is 4.79 Å². The Labute approximate surface area is 102 Å². The first-order valence-electron chi connectivity index (χ1n) is 6.42. The first kappa shape index (κ1) is 12.2. The van der Waals surface area contributed by atoms with Gasteiger partial charge in [0, 0.05) is 31.4 Å². The monoisotopic (exact) mass is 242 g/mol. The third kappa shape index (κ3) is 2.92. The molecule has 2 aliphatic rings. The minimum absolute atomic E-state index is 0.269. The minimum atomic E-state index is 0.269. The van der Waals surface area contributed by atoms with Gasteiger partial charge in [-0.1, -0.05) is 13.3 Å². The van der Waals surface area contributed by atoms with E-state index in [-0.39, 0.29) is 5.92 Å². The van der Waals surface area contributed by atoms with Gasteiger partial charge in [0.1, 0.15) is 0 Å². The highest BCUT2D eigenvalue weighted by Crippen LogP contribution is 2.23. The maximum Gasteiger partial charge on any atom is 0.228 e. The summed E-state index contributed by atoms with van der Waals surface area (Å²) in [7, 11) is 0. The van der Waals surface area contributed by atoms with Gasteiger partial charge in [-0.25, -0.2) is 0 Å². The minimum Gasteiger partial charge on any atom is -0.341 e. The molecule has 0 saturated carbocycles. The van der Waals surface area contributed by atoms with Gasteiger partial charge >= 0.3 is 0 Å². The summed E-state index contributed by atoms with van der Waals surface area (Å²) in [4.78, 5) is 14.3. The van der Waals surface area contributed by atoms with Crippen LogP contribution in [0.3, 0.4) is 0 Å². The van der Waals surface area contributed by atoms with Crippen LogP contribution in [0, 0.1) is 5.92 Å². The van der Waals surface area contributed by atoms with Gasteiger partial charge < -0.3 is 10.2 Å². The van der Waals surface area contributed by atoms with Gasteiger partial charge in [0.15, 0.2) is 0 Å². The van der Waals surface area contributed by atoms with E-state index in [0.29, 0.717) is 11.2 Å². The molecule has 2 saturated heterocycles. The Morgan fingerprint density at radius 1 is 1.44 bits per heavy atom. The van der Waals surface area contributed by atoms with Gasteiger partial charge in [-0.05, 0) is 18.6 Å². The number of carbonyl (C=O) groups is 1. The molecule has 0 aromatic carbocycles. The molecule has 92 valence electrons. The number of amides is 1. The highest BCUT2D eigenvalue weighted by atomic mass is 32.2. The fourth-order valence-electron chi connectivity index (χ4n) is 2.40. The smallest absolute Gasteiger partial charge is 0.228 e. The van der Waals surface area contributed by atoms with E-state index < -0.39 is 0 Å². The van der Waals surface area contributed by atoms with E-state index in [2.05, 4.69) is 17.1 Å². The number of likely N-dealkylation sites (tertiary alicyclic amines) is 1. The topological polar surface area (TPSA) is 32.3 Å². The molecule has 3 nitrogen and oxygen atoms in total. The molecule has 4 heteroatoms. The van der Waals surface area contributed by atoms with E-state index in [1.165, 1.54) is 19.3 Å². The zero-order chi connectivity index (χ0) is 11.4. The van der Waals surface area contributed by atoms with E-state index in [0.717, 1.165) is 31.9 Å². The van der Waals surface area contributed by atoms with Crippen molar-refractivity contribution in [1.29, 1.82) is 0 Å². The second kappa shape index (κ2) is 5.92. The molecule has 1 N–H and O–H groups in total. The molecule has 0 spiro atoms. The second-order valence-corrected chi connectivity index (χ2v) is 6.29. The SMILES string of the molecule is CCSC1CCCCN(C(=O)C2CNC2)C1. The molecule has 2 aliphatic heterocycles. The number of hydrogen-bond acceptors (Lipinski definition) is 3.